The van der Waals surface area contributed by atoms with Gasteiger partial charge in [-0.1, -0.05) is 28.9 Å². The zero-order chi connectivity index (χ0) is 22.2. The van der Waals surface area contributed by atoms with Gasteiger partial charge in [0.1, 0.15) is 5.75 Å². The molecule has 3 heterocycles. The van der Waals surface area contributed by atoms with Crippen molar-refractivity contribution in [2.75, 3.05) is 12.4 Å². The summed E-state index contributed by atoms with van der Waals surface area (Å²) in [5.41, 5.74) is 4.63. The summed E-state index contributed by atoms with van der Waals surface area (Å²) in [6.07, 6.45) is 5.22. The van der Waals surface area contributed by atoms with Crippen LogP contribution < -0.4 is 10.1 Å². The van der Waals surface area contributed by atoms with E-state index in [4.69, 9.17) is 16.3 Å². The molecule has 0 spiro atoms. The summed E-state index contributed by atoms with van der Waals surface area (Å²) in [6.45, 7) is 1.92. The molecule has 4 aromatic rings. The minimum atomic E-state index is -0.295. The molecule has 1 unspecified atom stereocenters. The standard InChI is InChI=1S/C23H21ClN6O2/c1-14-12-29(13-25-14)19-8-7-17(11-21(19)32-2)26-23(31)22-20-10-9-18(30(20)28-27-22)15-3-5-16(24)6-4-15/h3-8,11-13,18H,9-10H2,1-2H3,(H,26,31). The van der Waals surface area contributed by atoms with E-state index in [2.05, 4.69) is 20.6 Å². The maximum absolute atomic E-state index is 13.0. The zero-order valence-corrected chi connectivity index (χ0v) is 18.4. The van der Waals surface area contributed by atoms with Crippen molar-refractivity contribution in [1.82, 2.24) is 24.5 Å². The quantitative estimate of drug-likeness (QED) is 0.494. The van der Waals surface area contributed by atoms with Crippen LogP contribution in [0, 0.1) is 6.92 Å². The highest BCUT2D eigenvalue weighted by Crippen LogP contribution is 2.33. The third-order valence-corrected chi connectivity index (χ3v) is 5.89. The molecule has 0 saturated carbocycles. The van der Waals surface area contributed by atoms with Crippen LogP contribution in [-0.2, 0) is 6.42 Å². The predicted molar refractivity (Wildman–Crippen MR) is 121 cm³/mol. The first-order chi connectivity index (χ1) is 15.5. The number of hydrogen-bond acceptors (Lipinski definition) is 5. The monoisotopic (exact) mass is 448 g/mol. The topological polar surface area (TPSA) is 86.9 Å². The average Bonchev–Trinajstić information content (AvgIpc) is 3.51. The molecule has 1 atom stereocenters. The number of fused-ring (bicyclic) bond motifs is 1. The molecule has 2 aromatic heterocycles. The number of rotatable bonds is 5. The molecule has 1 aliphatic heterocycles. The molecular weight excluding hydrogens is 428 g/mol. The van der Waals surface area contributed by atoms with Crippen LogP contribution in [0.5, 0.6) is 5.75 Å². The Balaban J connectivity index is 1.37. The van der Waals surface area contributed by atoms with Gasteiger partial charge in [0, 0.05) is 23.0 Å². The second kappa shape index (κ2) is 8.12. The van der Waals surface area contributed by atoms with E-state index in [9.17, 15) is 4.79 Å². The summed E-state index contributed by atoms with van der Waals surface area (Å²) in [5, 5.41) is 12.0. The minimum absolute atomic E-state index is 0.0503. The van der Waals surface area contributed by atoms with Gasteiger partial charge < -0.3 is 14.6 Å². The highest BCUT2D eigenvalue weighted by atomic mass is 35.5. The fourth-order valence-electron chi connectivity index (χ4n) is 4.07. The molecule has 5 rings (SSSR count). The normalized spacial score (nSPS) is 14.9. The van der Waals surface area contributed by atoms with Crippen molar-refractivity contribution in [3.8, 4) is 11.4 Å². The Hall–Kier alpha value is -3.65. The van der Waals surface area contributed by atoms with Crippen LogP contribution in [0.4, 0.5) is 5.69 Å². The first kappa shape index (κ1) is 20.3. The number of amides is 1. The van der Waals surface area contributed by atoms with Crippen molar-refractivity contribution in [2.45, 2.75) is 25.8 Å². The molecule has 162 valence electrons. The molecule has 9 heteroatoms. The van der Waals surface area contributed by atoms with Gasteiger partial charge in [-0.05, 0) is 49.6 Å². The molecule has 0 fully saturated rings. The molecule has 8 nitrogen and oxygen atoms in total. The highest BCUT2D eigenvalue weighted by molar-refractivity contribution is 6.30. The molecule has 1 amide bonds. The number of carbonyl (C=O) groups is 1. The number of anilines is 1. The smallest absolute Gasteiger partial charge is 0.278 e. The van der Waals surface area contributed by atoms with Gasteiger partial charge in [0.25, 0.3) is 5.91 Å². The van der Waals surface area contributed by atoms with Crippen LogP contribution >= 0.6 is 11.6 Å². The zero-order valence-electron chi connectivity index (χ0n) is 17.6. The van der Waals surface area contributed by atoms with E-state index < -0.39 is 0 Å². The molecule has 32 heavy (non-hydrogen) atoms. The fourth-order valence-corrected chi connectivity index (χ4v) is 4.20. The number of imidazole rings is 1. The Morgan fingerprint density at radius 3 is 2.75 bits per heavy atom. The molecule has 1 aliphatic rings. The first-order valence-electron chi connectivity index (χ1n) is 10.2. The molecule has 0 saturated heterocycles. The van der Waals surface area contributed by atoms with Crippen molar-refractivity contribution >= 4 is 23.2 Å². The van der Waals surface area contributed by atoms with E-state index >= 15 is 0 Å². The molecule has 1 N–H and O–H groups in total. The van der Waals surface area contributed by atoms with E-state index in [1.165, 1.54) is 0 Å². The maximum Gasteiger partial charge on any atom is 0.278 e. The second-order valence-electron chi connectivity index (χ2n) is 7.70. The van der Waals surface area contributed by atoms with Crippen LogP contribution in [0.2, 0.25) is 5.02 Å². The summed E-state index contributed by atoms with van der Waals surface area (Å²) < 4.78 is 9.24. The molecular formula is C23H21ClN6O2. The Morgan fingerprint density at radius 1 is 1.22 bits per heavy atom. The van der Waals surface area contributed by atoms with Gasteiger partial charge in [-0.3, -0.25) is 4.79 Å². The van der Waals surface area contributed by atoms with E-state index in [0.29, 0.717) is 22.2 Å². The van der Waals surface area contributed by atoms with Crippen molar-refractivity contribution in [1.29, 1.82) is 0 Å². The SMILES string of the molecule is COc1cc(NC(=O)c2nnn3c2CCC3c2ccc(Cl)cc2)ccc1-n1cnc(C)c1. The van der Waals surface area contributed by atoms with Gasteiger partial charge in [-0.2, -0.15) is 0 Å². The number of carbonyl (C=O) groups excluding carboxylic acids is 1. The lowest BCUT2D eigenvalue weighted by molar-refractivity contribution is 0.102. The summed E-state index contributed by atoms with van der Waals surface area (Å²) in [7, 11) is 1.59. The highest BCUT2D eigenvalue weighted by Gasteiger charge is 2.30. The lowest BCUT2D eigenvalue weighted by Gasteiger charge is -2.12. The second-order valence-corrected chi connectivity index (χ2v) is 8.13. The van der Waals surface area contributed by atoms with E-state index in [-0.39, 0.29) is 11.9 Å². The molecule has 0 bridgehead atoms. The van der Waals surface area contributed by atoms with Gasteiger partial charge in [0.15, 0.2) is 5.69 Å². The van der Waals surface area contributed by atoms with Gasteiger partial charge in [-0.25, -0.2) is 9.67 Å². The van der Waals surface area contributed by atoms with Crippen molar-refractivity contribution in [2.24, 2.45) is 0 Å². The lowest BCUT2D eigenvalue weighted by Crippen LogP contribution is -2.14. The maximum atomic E-state index is 13.0. The van der Waals surface area contributed by atoms with E-state index in [1.807, 2.05) is 58.8 Å². The van der Waals surface area contributed by atoms with Crippen LogP contribution in [0.1, 0.15) is 39.9 Å². The van der Waals surface area contributed by atoms with Crippen LogP contribution in [0.15, 0.2) is 55.0 Å². The number of halogens is 1. The number of methoxy groups -OCH3 is 1. The third kappa shape index (κ3) is 3.62. The van der Waals surface area contributed by atoms with Crippen molar-refractivity contribution in [3.05, 3.63) is 82.7 Å². The number of benzene rings is 2. The summed E-state index contributed by atoms with van der Waals surface area (Å²) >= 11 is 6.01. The largest absolute Gasteiger partial charge is 0.494 e. The predicted octanol–water partition coefficient (Wildman–Crippen LogP) is 4.22. The Labute approximate surface area is 189 Å². The van der Waals surface area contributed by atoms with E-state index in [1.54, 1.807) is 19.5 Å². The fraction of sp³-hybridized carbons (Fsp3) is 0.217. The number of nitrogens with zero attached hydrogens (tertiary/aromatic N) is 5. The summed E-state index contributed by atoms with van der Waals surface area (Å²) in [5.74, 6) is 0.326. The molecule has 0 radical (unpaired) electrons. The number of hydrogen-bond donors (Lipinski definition) is 1. The van der Waals surface area contributed by atoms with Crippen molar-refractivity contribution in [3.63, 3.8) is 0 Å². The van der Waals surface area contributed by atoms with Crippen LogP contribution in [-0.4, -0.2) is 37.6 Å². The van der Waals surface area contributed by atoms with Gasteiger partial charge in [-0.15, -0.1) is 5.10 Å². The minimum Gasteiger partial charge on any atom is -0.494 e. The Morgan fingerprint density at radius 2 is 2.03 bits per heavy atom. The van der Waals surface area contributed by atoms with Crippen LogP contribution in [0.25, 0.3) is 5.69 Å². The Kier molecular flexibility index (Phi) is 5.14. The van der Waals surface area contributed by atoms with Gasteiger partial charge in [0.05, 0.1) is 36.6 Å². The van der Waals surface area contributed by atoms with Gasteiger partial charge >= 0.3 is 0 Å². The number of ether oxygens (including phenoxy) is 1. The third-order valence-electron chi connectivity index (χ3n) is 5.64. The number of aryl methyl sites for hydroxylation is 1. The van der Waals surface area contributed by atoms with Crippen LogP contribution in [0.3, 0.4) is 0 Å². The lowest BCUT2D eigenvalue weighted by atomic mass is 10.1. The first-order valence-corrected chi connectivity index (χ1v) is 10.6. The summed E-state index contributed by atoms with van der Waals surface area (Å²) in [4.78, 5) is 17.2. The van der Waals surface area contributed by atoms with Crippen molar-refractivity contribution < 1.29 is 9.53 Å². The Bertz CT molecular complexity index is 1290. The number of aromatic nitrogens is 5. The molecule has 2 aromatic carbocycles. The molecule has 0 aliphatic carbocycles. The number of nitrogens with one attached hydrogen (secondary N) is 1. The average molecular weight is 449 g/mol. The van der Waals surface area contributed by atoms with E-state index in [0.717, 1.165) is 35.5 Å². The van der Waals surface area contributed by atoms with Gasteiger partial charge in [0.2, 0.25) is 0 Å². The summed E-state index contributed by atoms with van der Waals surface area (Å²) in [6, 6.07) is 13.2.